The molecule has 6 aliphatic rings. The smallest absolute Gasteiger partial charge is 0.234 e. The predicted octanol–water partition coefficient (Wildman–Crippen LogP) is 8.84. The quantitative estimate of drug-likeness (QED) is 0.0526. The molecule has 0 aromatic heterocycles. The molecule has 3 aliphatic heterocycles. The number of ketones is 1. The summed E-state index contributed by atoms with van der Waals surface area (Å²) in [6.07, 6.45) is 1.40. The molecule has 15 nitrogen and oxygen atoms in total. The number of rotatable bonds is 8. The van der Waals surface area contributed by atoms with Crippen LogP contribution in [0.25, 0.3) is 0 Å². The molecule has 12 rings (SSSR count). The second-order valence-electron chi connectivity index (χ2n) is 18.9. The number of carbonyl (C=O) groups excluding carboxylic acids is 1. The highest BCUT2D eigenvalue weighted by Gasteiger charge is 2.66. The van der Waals surface area contributed by atoms with E-state index in [0.717, 1.165) is 61.6 Å². The van der Waals surface area contributed by atoms with Crippen molar-refractivity contribution in [1.29, 1.82) is 0 Å². The first-order valence-corrected chi connectivity index (χ1v) is 23.9. The minimum atomic E-state index is -1.65. The first kappa shape index (κ1) is 51.9. The summed E-state index contributed by atoms with van der Waals surface area (Å²) < 4.78 is 33.0. The molecule has 3 aliphatic carbocycles. The van der Waals surface area contributed by atoms with Gasteiger partial charge in [0.1, 0.15) is 23.7 Å². The number of allylic oxidation sites excluding steroid dienone is 1. The summed E-state index contributed by atoms with van der Waals surface area (Å²) >= 11 is 0. The molecule has 6 aromatic carbocycles. The van der Waals surface area contributed by atoms with Gasteiger partial charge >= 0.3 is 0 Å². The molecule has 6 unspecified atom stereocenters. The lowest BCUT2D eigenvalue weighted by molar-refractivity contribution is -0.204. The number of fused-ring (bicyclic) bond motifs is 2. The molecule has 4 bridgehead atoms. The van der Waals surface area contributed by atoms with Crippen molar-refractivity contribution in [3.05, 3.63) is 165 Å². The van der Waals surface area contributed by atoms with Gasteiger partial charge in [-0.1, -0.05) is 65.7 Å². The van der Waals surface area contributed by atoms with Gasteiger partial charge in [0, 0.05) is 34.8 Å². The number of ether oxygens (including phenoxy) is 6. The van der Waals surface area contributed by atoms with E-state index in [9.17, 15) is 35.4 Å². The van der Waals surface area contributed by atoms with Gasteiger partial charge in [-0.2, -0.15) is 0 Å². The number of Topliss-reactive ketones (excluding diaryl/α,β-unsaturated/α-hetero) is 1. The minimum absolute atomic E-state index is 0.00428. The van der Waals surface area contributed by atoms with E-state index >= 15 is 0 Å². The van der Waals surface area contributed by atoms with Crippen LogP contribution in [0, 0.1) is 38.5 Å². The van der Waals surface area contributed by atoms with Crippen molar-refractivity contribution >= 4 is 5.78 Å². The molecule has 0 spiro atoms. The number of aryl methyl sites for hydroxylation is 3. The largest absolute Gasteiger partial charge is 0.504 e. The van der Waals surface area contributed by atoms with Crippen LogP contribution in [0.5, 0.6) is 57.5 Å². The van der Waals surface area contributed by atoms with Crippen molar-refractivity contribution in [2.24, 2.45) is 17.8 Å². The number of aliphatic hydroxyl groups is 3. The van der Waals surface area contributed by atoms with Crippen LogP contribution >= 0.6 is 0 Å². The Hall–Kier alpha value is -7.43. The van der Waals surface area contributed by atoms with Crippen molar-refractivity contribution in [1.82, 2.24) is 0 Å². The topological polar surface area (TPSA) is 234 Å². The van der Waals surface area contributed by atoms with E-state index in [1.54, 1.807) is 54.6 Å². The number of hydrogen-bond donors (Lipinski definition) is 8. The Kier molecular flexibility index (Phi) is 15.2. The van der Waals surface area contributed by atoms with Gasteiger partial charge in [-0.15, -0.1) is 0 Å². The molecule has 1 saturated carbocycles. The van der Waals surface area contributed by atoms with E-state index in [1.165, 1.54) is 33.5 Å². The highest BCUT2D eigenvalue weighted by molar-refractivity contribution is 5.94. The Morgan fingerprint density at radius 3 is 1.67 bits per heavy atom. The zero-order chi connectivity index (χ0) is 52.5. The average molecular weight is 999 g/mol. The Balaban J connectivity index is 0.000000135. The van der Waals surface area contributed by atoms with Crippen molar-refractivity contribution in [2.45, 2.75) is 63.4 Å². The maximum Gasteiger partial charge on any atom is 0.234 e. The van der Waals surface area contributed by atoms with E-state index in [-0.39, 0.29) is 89.5 Å². The summed E-state index contributed by atoms with van der Waals surface area (Å²) in [5.74, 6) is 0.132. The highest BCUT2D eigenvalue weighted by Crippen LogP contribution is 2.59. The van der Waals surface area contributed by atoms with Crippen LogP contribution in [0.3, 0.4) is 0 Å². The molecule has 384 valence electrons. The van der Waals surface area contributed by atoms with Crippen molar-refractivity contribution in [2.75, 3.05) is 41.2 Å². The fraction of sp³-hybridized carbons (Fsp3) is 0.328. The first-order chi connectivity index (χ1) is 35.0. The maximum atomic E-state index is 12.6. The maximum absolute atomic E-state index is 12.6. The van der Waals surface area contributed by atoms with E-state index in [4.69, 9.17) is 38.6 Å². The van der Waals surface area contributed by atoms with Crippen molar-refractivity contribution in [3.8, 4) is 57.5 Å². The standard InChI is InChI=1S/C17H18O5.2C17H18O4.C7H8O2/c1-8-5-10-14(9-3-4-12(18)13(6-9)21-2)11-7-22-17(20,15(8)11)16(10)19;1-10-3-6-15-12(7-10)13(9-18)17(21-15)11-4-5-14(19)16(8-11)20-2;1-10-4-3-5-14-16(10)12(9-18)17(21-14)11-6-7-13(19)15(8-11)20-2;1-5-2-3-6(8)7(9)4-5/h3-6,10-11,14-15,18,20H,7H2,1-2H3;3-8,13,17-19H,9H2,1-2H3;3-8,12,17-19H,9H2,1-2H3;2-4,8-9H,1H3/t10?,11?,14-,15?,17?;13?,17-;12?,17-;/m000./s1. The van der Waals surface area contributed by atoms with Gasteiger partial charge in [-0.05, 0) is 116 Å². The number of aromatic hydroxyl groups is 5. The highest BCUT2D eigenvalue weighted by atomic mass is 16.6. The Bertz CT molecular complexity index is 3020. The van der Waals surface area contributed by atoms with Crippen LogP contribution in [0.2, 0.25) is 0 Å². The van der Waals surface area contributed by atoms with Gasteiger partial charge in [0.25, 0.3) is 0 Å². The number of methoxy groups -OCH3 is 3. The number of hydrogen-bond acceptors (Lipinski definition) is 15. The number of phenols is 5. The van der Waals surface area contributed by atoms with Crippen LogP contribution in [0.1, 0.15) is 81.4 Å². The van der Waals surface area contributed by atoms with E-state index in [2.05, 4.69) is 0 Å². The van der Waals surface area contributed by atoms with Gasteiger partial charge in [0.15, 0.2) is 51.8 Å². The average Bonchev–Trinajstić information content (AvgIpc) is 4.06. The molecular formula is C58H62O15. The summed E-state index contributed by atoms with van der Waals surface area (Å²) in [6, 6.07) is 32.0. The molecule has 8 N–H and O–H groups in total. The van der Waals surface area contributed by atoms with Crippen LogP contribution in [0.4, 0.5) is 0 Å². The molecule has 6 aromatic rings. The summed E-state index contributed by atoms with van der Waals surface area (Å²) in [6.45, 7) is 8.21. The monoisotopic (exact) mass is 998 g/mol. The molecule has 2 fully saturated rings. The summed E-state index contributed by atoms with van der Waals surface area (Å²) in [5, 5.41) is 76.9. The van der Waals surface area contributed by atoms with Gasteiger partial charge in [-0.3, -0.25) is 4.79 Å². The third-order valence-electron chi connectivity index (χ3n) is 14.4. The molecule has 0 radical (unpaired) electrons. The lowest BCUT2D eigenvalue weighted by atomic mass is 9.56. The van der Waals surface area contributed by atoms with Crippen LogP contribution in [0.15, 0.2) is 121 Å². The molecule has 0 amide bonds. The Labute approximate surface area is 423 Å². The van der Waals surface area contributed by atoms with E-state index < -0.39 is 11.7 Å². The summed E-state index contributed by atoms with van der Waals surface area (Å²) in [7, 11) is 4.52. The lowest BCUT2D eigenvalue weighted by Gasteiger charge is -2.47. The van der Waals surface area contributed by atoms with Gasteiger partial charge in [-0.25, -0.2) is 0 Å². The fourth-order valence-electron chi connectivity index (χ4n) is 10.9. The fourth-order valence-corrected chi connectivity index (χ4v) is 10.9. The molecule has 15 heteroatoms. The molecule has 73 heavy (non-hydrogen) atoms. The predicted molar refractivity (Wildman–Crippen MR) is 270 cm³/mol. The van der Waals surface area contributed by atoms with Crippen LogP contribution in [-0.2, 0) is 9.53 Å². The van der Waals surface area contributed by atoms with Gasteiger partial charge in [0.05, 0.1) is 53.0 Å². The first-order valence-electron chi connectivity index (χ1n) is 23.9. The molecule has 1 saturated heterocycles. The zero-order valence-corrected chi connectivity index (χ0v) is 41.6. The van der Waals surface area contributed by atoms with Crippen LogP contribution < -0.4 is 23.7 Å². The minimum Gasteiger partial charge on any atom is -0.504 e. The molecule has 9 atom stereocenters. The number of aliphatic hydroxyl groups excluding tert-OH is 2. The number of phenolic OH excluding ortho intramolecular Hbond substituents is 5. The Morgan fingerprint density at radius 2 is 1.11 bits per heavy atom. The van der Waals surface area contributed by atoms with Crippen LogP contribution in [-0.4, -0.2) is 93.6 Å². The second kappa shape index (κ2) is 21.3. The number of carbonyl (C=O) groups is 1. The second-order valence-corrected chi connectivity index (χ2v) is 18.9. The third-order valence-corrected chi connectivity index (χ3v) is 14.4. The van der Waals surface area contributed by atoms with Gasteiger partial charge in [0.2, 0.25) is 5.79 Å². The van der Waals surface area contributed by atoms with E-state index in [0.29, 0.717) is 23.9 Å². The SMILES string of the molecule is COc1cc([C@@H]2Oc3ccc(C)cc3C2CO)ccc1O.COc1cc([C@@H]2Oc3cccc(C)c3C2CO)ccc1O.COc1cc([C@H]2C3C=C(C)C4C2COC4(O)C3=O)ccc1O.Cc1ccc(O)c(O)c1. The van der Waals surface area contributed by atoms with Crippen molar-refractivity contribution < 1.29 is 74.1 Å². The zero-order valence-electron chi connectivity index (χ0n) is 41.6. The molecule has 3 heterocycles. The Morgan fingerprint density at radius 1 is 0.589 bits per heavy atom. The van der Waals surface area contributed by atoms with E-state index in [1.807, 2.05) is 76.2 Å². The summed E-state index contributed by atoms with van der Waals surface area (Å²) in [4.78, 5) is 12.6. The number of benzene rings is 6. The van der Waals surface area contributed by atoms with Crippen molar-refractivity contribution in [3.63, 3.8) is 0 Å². The van der Waals surface area contributed by atoms with Gasteiger partial charge < -0.3 is 69.3 Å². The normalized spacial score (nSPS) is 24.4. The third kappa shape index (κ3) is 9.93. The summed E-state index contributed by atoms with van der Waals surface area (Å²) in [5.41, 5.74) is 8.96. The molecular weight excluding hydrogens is 937 g/mol. The lowest BCUT2D eigenvalue weighted by Crippen LogP contribution is -2.57.